The van der Waals surface area contributed by atoms with E-state index in [0.29, 0.717) is 6.54 Å². The van der Waals surface area contributed by atoms with E-state index in [9.17, 15) is 14.4 Å². The highest BCUT2D eigenvalue weighted by Gasteiger charge is 2.63. The van der Waals surface area contributed by atoms with Gasteiger partial charge >= 0.3 is 11.9 Å². The van der Waals surface area contributed by atoms with Crippen LogP contribution in [0.4, 0.5) is 0 Å². The number of hydrogen-bond acceptors (Lipinski definition) is 6. The molecule has 0 aliphatic carbocycles. The van der Waals surface area contributed by atoms with Crippen LogP contribution >= 0.6 is 0 Å². The number of hydrogen-bond donors (Lipinski definition) is 0. The molecule has 1 amide bonds. The molecule has 0 radical (unpaired) electrons. The first-order valence-electron chi connectivity index (χ1n) is 8.81. The van der Waals surface area contributed by atoms with Gasteiger partial charge in [-0.1, -0.05) is 36.9 Å². The Balaban J connectivity index is 2.44. The summed E-state index contributed by atoms with van der Waals surface area (Å²) in [6, 6.07) is 9.39. The van der Waals surface area contributed by atoms with Gasteiger partial charge in [0, 0.05) is 20.2 Å². The van der Waals surface area contributed by atoms with Gasteiger partial charge in [0.1, 0.15) is 0 Å². The summed E-state index contributed by atoms with van der Waals surface area (Å²) in [4.78, 5) is 40.2. The zero-order chi connectivity index (χ0) is 20.0. The van der Waals surface area contributed by atoms with E-state index in [4.69, 9.17) is 14.2 Å². The van der Waals surface area contributed by atoms with E-state index in [1.54, 1.807) is 13.8 Å². The van der Waals surface area contributed by atoms with E-state index in [-0.39, 0.29) is 25.3 Å². The van der Waals surface area contributed by atoms with Gasteiger partial charge in [0.15, 0.2) is 6.10 Å². The Labute approximate surface area is 158 Å². The van der Waals surface area contributed by atoms with Crippen LogP contribution in [0.25, 0.3) is 0 Å². The summed E-state index contributed by atoms with van der Waals surface area (Å²) in [6.45, 7) is 7.58. The lowest BCUT2D eigenvalue weighted by Crippen LogP contribution is -2.63. The Morgan fingerprint density at radius 1 is 1.15 bits per heavy atom. The number of esters is 2. The minimum atomic E-state index is -2.01. The van der Waals surface area contributed by atoms with Crippen molar-refractivity contribution in [3.8, 4) is 0 Å². The molecule has 1 aliphatic heterocycles. The molecule has 146 valence electrons. The van der Waals surface area contributed by atoms with Crippen LogP contribution in [0, 0.1) is 5.41 Å². The van der Waals surface area contributed by atoms with Crippen molar-refractivity contribution in [1.29, 1.82) is 0 Å². The van der Waals surface area contributed by atoms with E-state index in [1.807, 2.05) is 30.3 Å². The summed E-state index contributed by atoms with van der Waals surface area (Å²) in [5.41, 5.74) is -0.888. The first-order valence-corrected chi connectivity index (χ1v) is 8.81. The number of likely N-dealkylation sites (tertiary alicyclic amines) is 1. The standard InChI is InChI=1S/C20H25NO6/c1-5-26-18(23)20(19(24)27-6-2)14(3)12-21(17(22)16(20)25-4)13-15-10-8-7-9-11-15/h7-11,16H,3,5-6,12-13H2,1-2,4H3. The first-order chi connectivity index (χ1) is 12.9. The average Bonchev–Trinajstić information content (AvgIpc) is 2.65. The van der Waals surface area contributed by atoms with Crippen molar-refractivity contribution >= 4 is 17.8 Å². The number of carbonyl (C=O) groups is 3. The summed E-state index contributed by atoms with van der Waals surface area (Å²) >= 11 is 0. The van der Waals surface area contributed by atoms with Gasteiger partial charge in [0.05, 0.1) is 13.2 Å². The molecule has 0 spiro atoms. The van der Waals surface area contributed by atoms with Crippen LogP contribution in [-0.2, 0) is 35.1 Å². The van der Waals surface area contributed by atoms with Crippen molar-refractivity contribution < 1.29 is 28.6 Å². The molecule has 1 aromatic carbocycles. The van der Waals surface area contributed by atoms with E-state index in [2.05, 4.69) is 6.58 Å². The average molecular weight is 375 g/mol. The lowest BCUT2D eigenvalue weighted by molar-refractivity contribution is -0.187. The number of piperidine rings is 1. The van der Waals surface area contributed by atoms with Crippen molar-refractivity contribution in [2.45, 2.75) is 26.5 Å². The maximum Gasteiger partial charge on any atom is 0.331 e. The second-order valence-electron chi connectivity index (χ2n) is 6.15. The third-order valence-electron chi connectivity index (χ3n) is 4.52. The van der Waals surface area contributed by atoms with Gasteiger partial charge in [-0.05, 0) is 25.0 Å². The highest BCUT2D eigenvalue weighted by molar-refractivity contribution is 6.10. The second-order valence-corrected chi connectivity index (χ2v) is 6.15. The van der Waals surface area contributed by atoms with Gasteiger partial charge in [-0.2, -0.15) is 0 Å². The van der Waals surface area contributed by atoms with Gasteiger partial charge < -0.3 is 19.1 Å². The Bertz CT molecular complexity index is 696. The number of benzene rings is 1. The molecule has 7 heteroatoms. The molecular formula is C20H25NO6. The third kappa shape index (κ3) is 3.73. The van der Waals surface area contributed by atoms with Crippen molar-refractivity contribution in [1.82, 2.24) is 4.90 Å². The quantitative estimate of drug-likeness (QED) is 0.410. The molecule has 2 rings (SSSR count). The van der Waals surface area contributed by atoms with Crippen molar-refractivity contribution in [2.75, 3.05) is 26.9 Å². The molecule has 27 heavy (non-hydrogen) atoms. The van der Waals surface area contributed by atoms with E-state index in [1.165, 1.54) is 12.0 Å². The minimum Gasteiger partial charge on any atom is -0.465 e. The molecule has 1 fully saturated rings. The first kappa shape index (κ1) is 20.6. The maximum atomic E-state index is 13.1. The molecular weight excluding hydrogens is 350 g/mol. The van der Waals surface area contributed by atoms with Crippen molar-refractivity contribution in [3.05, 3.63) is 48.0 Å². The molecule has 1 atom stereocenters. The number of rotatable bonds is 7. The molecule has 0 saturated carbocycles. The molecule has 1 heterocycles. The topological polar surface area (TPSA) is 82.1 Å². The lowest BCUT2D eigenvalue weighted by atomic mass is 9.72. The minimum absolute atomic E-state index is 0.0191. The molecule has 7 nitrogen and oxygen atoms in total. The fraction of sp³-hybridized carbons (Fsp3) is 0.450. The molecule has 1 aromatic rings. The van der Waals surface area contributed by atoms with Crippen LogP contribution in [-0.4, -0.2) is 55.7 Å². The van der Waals surface area contributed by atoms with Gasteiger partial charge in [0.2, 0.25) is 5.41 Å². The van der Waals surface area contributed by atoms with Gasteiger partial charge in [0.25, 0.3) is 5.91 Å². The van der Waals surface area contributed by atoms with Crippen molar-refractivity contribution in [3.63, 3.8) is 0 Å². The number of ether oxygens (including phenoxy) is 3. The van der Waals surface area contributed by atoms with E-state index < -0.39 is 29.4 Å². The monoisotopic (exact) mass is 375 g/mol. The molecule has 0 N–H and O–H groups in total. The second kappa shape index (κ2) is 8.81. The number of carbonyl (C=O) groups excluding carboxylic acids is 3. The number of methoxy groups -OCH3 is 1. The summed E-state index contributed by atoms with van der Waals surface area (Å²) in [6.07, 6.45) is -1.40. The fourth-order valence-electron chi connectivity index (χ4n) is 3.26. The Morgan fingerprint density at radius 2 is 1.70 bits per heavy atom. The highest BCUT2D eigenvalue weighted by Crippen LogP contribution is 2.41. The fourth-order valence-corrected chi connectivity index (χ4v) is 3.26. The summed E-state index contributed by atoms with van der Waals surface area (Å²) < 4.78 is 15.5. The Hall–Kier alpha value is -2.67. The van der Waals surface area contributed by atoms with Crippen LogP contribution < -0.4 is 0 Å². The molecule has 0 aromatic heterocycles. The Morgan fingerprint density at radius 3 is 2.19 bits per heavy atom. The SMILES string of the molecule is C=C1CN(Cc2ccccc2)C(=O)C(OC)C1(C(=O)OCC)C(=O)OCC. The smallest absolute Gasteiger partial charge is 0.331 e. The van der Waals surface area contributed by atoms with Crippen LogP contribution in [0.15, 0.2) is 42.5 Å². The predicted octanol–water partition coefficient (Wildman–Crippen LogP) is 1.71. The van der Waals surface area contributed by atoms with Gasteiger partial charge in [-0.3, -0.25) is 14.4 Å². The zero-order valence-electron chi connectivity index (χ0n) is 15.9. The van der Waals surface area contributed by atoms with E-state index >= 15 is 0 Å². The van der Waals surface area contributed by atoms with Gasteiger partial charge in [-0.15, -0.1) is 0 Å². The zero-order valence-corrected chi connectivity index (χ0v) is 15.9. The van der Waals surface area contributed by atoms with Crippen LogP contribution in [0.1, 0.15) is 19.4 Å². The predicted molar refractivity (Wildman–Crippen MR) is 97.5 cm³/mol. The highest BCUT2D eigenvalue weighted by atomic mass is 16.6. The molecule has 1 aliphatic rings. The number of nitrogens with zero attached hydrogens (tertiary/aromatic N) is 1. The summed E-state index contributed by atoms with van der Waals surface area (Å²) in [5.74, 6) is -2.25. The maximum absolute atomic E-state index is 13.1. The lowest BCUT2D eigenvalue weighted by Gasteiger charge is -2.43. The molecule has 0 bridgehead atoms. The molecule has 1 unspecified atom stereocenters. The van der Waals surface area contributed by atoms with Crippen LogP contribution in [0.3, 0.4) is 0 Å². The Kier molecular flexibility index (Phi) is 6.74. The normalized spacial score (nSPS) is 18.9. The van der Waals surface area contributed by atoms with Crippen molar-refractivity contribution in [2.24, 2.45) is 5.41 Å². The summed E-state index contributed by atoms with van der Waals surface area (Å²) in [5, 5.41) is 0. The van der Waals surface area contributed by atoms with E-state index in [0.717, 1.165) is 5.56 Å². The third-order valence-corrected chi connectivity index (χ3v) is 4.52. The van der Waals surface area contributed by atoms with Crippen LogP contribution in [0.2, 0.25) is 0 Å². The molecule has 1 saturated heterocycles. The largest absolute Gasteiger partial charge is 0.465 e. The summed E-state index contributed by atoms with van der Waals surface area (Å²) in [7, 11) is 1.27. The van der Waals surface area contributed by atoms with Crippen LogP contribution in [0.5, 0.6) is 0 Å². The number of amides is 1. The van der Waals surface area contributed by atoms with Gasteiger partial charge in [-0.25, -0.2) is 0 Å².